The van der Waals surface area contributed by atoms with E-state index in [-0.39, 0.29) is 18.4 Å². The number of benzene rings is 1. The third kappa shape index (κ3) is 3.92. The molecule has 0 bridgehead atoms. The maximum Gasteiger partial charge on any atom is 0.243 e. The van der Waals surface area contributed by atoms with E-state index in [1.807, 2.05) is 24.3 Å². The van der Waals surface area contributed by atoms with E-state index in [4.69, 9.17) is 27.9 Å². The number of morpholine rings is 1. The summed E-state index contributed by atoms with van der Waals surface area (Å²) in [6.45, 7) is 4.84. The van der Waals surface area contributed by atoms with Gasteiger partial charge in [-0.05, 0) is 37.6 Å². The number of ether oxygens (including phenoxy) is 1. The number of nitrogens with one attached hydrogen (secondary N) is 1. The SMILES string of the molecule is CN(CC(=O)Nc1ccc(N2CCOCC2)cc1)C(=O)C1(C)CC1(Cl)Cl. The highest BCUT2D eigenvalue weighted by atomic mass is 35.5. The number of halogens is 2. The molecule has 2 amide bonds. The van der Waals surface area contributed by atoms with Crippen LogP contribution in [0.4, 0.5) is 11.4 Å². The number of carbonyl (C=O) groups is 2. The van der Waals surface area contributed by atoms with Crippen molar-refractivity contribution in [1.82, 2.24) is 4.90 Å². The molecule has 1 atom stereocenters. The molecule has 0 aromatic heterocycles. The molecule has 3 rings (SSSR count). The minimum atomic E-state index is -1.04. The molecule has 1 aromatic rings. The van der Waals surface area contributed by atoms with Gasteiger partial charge in [-0.25, -0.2) is 0 Å². The Morgan fingerprint density at radius 3 is 2.35 bits per heavy atom. The fourth-order valence-corrected chi connectivity index (χ4v) is 3.81. The van der Waals surface area contributed by atoms with Gasteiger partial charge in [0.25, 0.3) is 0 Å². The Hall–Kier alpha value is -1.50. The lowest BCUT2D eigenvalue weighted by molar-refractivity contribution is -0.137. The van der Waals surface area contributed by atoms with Crippen LogP contribution < -0.4 is 10.2 Å². The number of carbonyl (C=O) groups excluding carboxylic acids is 2. The topological polar surface area (TPSA) is 61.9 Å². The molecule has 6 nitrogen and oxygen atoms in total. The van der Waals surface area contributed by atoms with Crippen LogP contribution in [0, 0.1) is 5.41 Å². The smallest absolute Gasteiger partial charge is 0.243 e. The highest BCUT2D eigenvalue weighted by Gasteiger charge is 2.68. The van der Waals surface area contributed by atoms with Gasteiger partial charge in [0, 0.05) is 31.5 Å². The van der Waals surface area contributed by atoms with Crippen molar-refractivity contribution in [2.75, 3.05) is 50.1 Å². The lowest BCUT2D eigenvalue weighted by Crippen LogP contribution is -2.40. The minimum Gasteiger partial charge on any atom is -0.378 e. The van der Waals surface area contributed by atoms with E-state index in [9.17, 15) is 9.59 Å². The van der Waals surface area contributed by atoms with Crippen molar-refractivity contribution in [3.8, 4) is 0 Å². The van der Waals surface area contributed by atoms with Crippen LogP contribution in [0.5, 0.6) is 0 Å². The molecular weight excluding hydrogens is 377 g/mol. The molecule has 8 heteroatoms. The summed E-state index contributed by atoms with van der Waals surface area (Å²) in [5, 5.41) is 2.81. The van der Waals surface area contributed by atoms with Gasteiger partial charge in [-0.15, -0.1) is 23.2 Å². The molecule has 0 radical (unpaired) electrons. The summed E-state index contributed by atoms with van der Waals surface area (Å²) in [5.74, 6) is -0.487. The van der Waals surface area contributed by atoms with Crippen molar-refractivity contribution in [1.29, 1.82) is 0 Å². The maximum absolute atomic E-state index is 12.4. The summed E-state index contributed by atoms with van der Waals surface area (Å²) in [5.41, 5.74) is 0.973. The van der Waals surface area contributed by atoms with E-state index in [1.165, 1.54) is 4.90 Å². The second-order valence-corrected chi connectivity index (χ2v) is 8.55. The third-order valence-corrected chi connectivity index (χ3v) is 6.09. The molecular formula is C18H23Cl2N3O3. The van der Waals surface area contributed by atoms with Gasteiger partial charge in [0.15, 0.2) is 0 Å². The van der Waals surface area contributed by atoms with E-state index in [0.29, 0.717) is 12.1 Å². The molecule has 1 saturated heterocycles. The molecule has 142 valence electrons. The predicted molar refractivity (Wildman–Crippen MR) is 103 cm³/mol. The van der Waals surface area contributed by atoms with Crippen LogP contribution in [-0.4, -0.2) is 60.9 Å². The molecule has 2 aliphatic rings. The third-order valence-electron chi connectivity index (χ3n) is 4.98. The highest BCUT2D eigenvalue weighted by Crippen LogP contribution is 2.64. The van der Waals surface area contributed by atoms with Crippen LogP contribution in [0.25, 0.3) is 0 Å². The van der Waals surface area contributed by atoms with Crippen molar-refractivity contribution >= 4 is 46.4 Å². The van der Waals surface area contributed by atoms with E-state index in [0.717, 1.165) is 32.0 Å². The Labute approximate surface area is 163 Å². The van der Waals surface area contributed by atoms with Gasteiger partial charge in [-0.2, -0.15) is 0 Å². The van der Waals surface area contributed by atoms with Crippen LogP contribution in [0.2, 0.25) is 0 Å². The van der Waals surface area contributed by atoms with Crippen LogP contribution in [-0.2, 0) is 14.3 Å². The first-order valence-electron chi connectivity index (χ1n) is 8.59. The fourth-order valence-electron chi connectivity index (χ4n) is 3.12. The molecule has 26 heavy (non-hydrogen) atoms. The molecule has 1 unspecified atom stereocenters. The molecule has 1 N–H and O–H groups in total. The second kappa shape index (κ2) is 7.25. The number of amides is 2. The average molecular weight is 400 g/mol. The van der Waals surface area contributed by atoms with Gasteiger partial charge in [-0.3, -0.25) is 9.59 Å². The lowest BCUT2D eigenvalue weighted by Gasteiger charge is -2.29. The molecule has 2 fully saturated rings. The predicted octanol–water partition coefficient (Wildman–Crippen LogP) is 2.50. The van der Waals surface area contributed by atoms with Gasteiger partial charge >= 0.3 is 0 Å². The number of likely N-dealkylation sites (N-methyl/N-ethyl adjacent to an activating group) is 1. The molecule has 1 aliphatic heterocycles. The summed E-state index contributed by atoms with van der Waals surface area (Å²) in [7, 11) is 1.58. The fraction of sp³-hybridized carbons (Fsp3) is 0.556. The van der Waals surface area contributed by atoms with E-state index >= 15 is 0 Å². The average Bonchev–Trinajstić information content (AvgIpc) is 3.14. The Morgan fingerprint density at radius 2 is 1.81 bits per heavy atom. The first kappa shape index (κ1) is 19.3. The molecule has 0 spiro atoms. The number of rotatable bonds is 5. The molecule has 1 heterocycles. The van der Waals surface area contributed by atoms with Gasteiger partial charge < -0.3 is 19.9 Å². The maximum atomic E-state index is 12.4. The van der Waals surface area contributed by atoms with Crippen LogP contribution in [0.3, 0.4) is 0 Å². The lowest BCUT2D eigenvalue weighted by atomic mass is 10.1. The summed E-state index contributed by atoms with van der Waals surface area (Å²) in [6, 6.07) is 7.65. The number of anilines is 2. The van der Waals surface area contributed by atoms with Crippen molar-refractivity contribution in [2.45, 2.75) is 17.7 Å². The van der Waals surface area contributed by atoms with Crippen molar-refractivity contribution in [2.24, 2.45) is 5.41 Å². The highest BCUT2D eigenvalue weighted by molar-refractivity contribution is 6.53. The van der Waals surface area contributed by atoms with Crippen LogP contribution in [0.1, 0.15) is 13.3 Å². The van der Waals surface area contributed by atoms with Crippen molar-refractivity contribution in [3.05, 3.63) is 24.3 Å². The quantitative estimate of drug-likeness (QED) is 0.772. The van der Waals surface area contributed by atoms with Crippen molar-refractivity contribution in [3.63, 3.8) is 0 Å². The minimum absolute atomic E-state index is 0.0521. The standard InChI is InChI=1S/C18H23Cl2N3O3/c1-17(12-18(17,19)20)16(25)22(2)11-15(24)21-13-3-5-14(6-4-13)23-7-9-26-10-8-23/h3-6H,7-12H2,1-2H3,(H,21,24). The monoisotopic (exact) mass is 399 g/mol. The Balaban J connectivity index is 1.52. The largest absolute Gasteiger partial charge is 0.378 e. The van der Waals surface area contributed by atoms with Crippen molar-refractivity contribution < 1.29 is 14.3 Å². The first-order chi connectivity index (χ1) is 12.2. The van der Waals surface area contributed by atoms with Gasteiger partial charge in [0.05, 0.1) is 25.2 Å². The molecule has 1 aliphatic carbocycles. The number of hydrogen-bond donors (Lipinski definition) is 1. The second-order valence-electron chi connectivity index (χ2n) is 7.07. The van der Waals surface area contributed by atoms with Crippen LogP contribution >= 0.6 is 23.2 Å². The summed E-state index contributed by atoms with van der Waals surface area (Å²) >= 11 is 12.1. The van der Waals surface area contributed by atoms with Gasteiger partial charge in [0.1, 0.15) is 4.33 Å². The summed E-state index contributed by atoms with van der Waals surface area (Å²) in [4.78, 5) is 28.2. The van der Waals surface area contributed by atoms with Gasteiger partial charge in [-0.1, -0.05) is 0 Å². The van der Waals surface area contributed by atoms with Crippen LogP contribution in [0.15, 0.2) is 24.3 Å². The number of nitrogens with zero attached hydrogens (tertiary/aromatic N) is 2. The molecule has 1 saturated carbocycles. The zero-order chi connectivity index (χ0) is 18.9. The van der Waals surface area contributed by atoms with E-state index < -0.39 is 9.75 Å². The summed E-state index contributed by atoms with van der Waals surface area (Å²) < 4.78 is 4.31. The summed E-state index contributed by atoms with van der Waals surface area (Å²) in [6.07, 6.45) is 0.400. The first-order valence-corrected chi connectivity index (χ1v) is 9.34. The Kier molecular flexibility index (Phi) is 5.37. The Morgan fingerprint density at radius 1 is 1.23 bits per heavy atom. The van der Waals surface area contributed by atoms with E-state index in [1.54, 1.807) is 14.0 Å². The number of hydrogen-bond acceptors (Lipinski definition) is 4. The molecule has 1 aromatic carbocycles. The van der Waals surface area contributed by atoms with Gasteiger partial charge in [0.2, 0.25) is 11.8 Å². The normalized spacial score (nSPS) is 24.1. The zero-order valence-electron chi connectivity index (χ0n) is 14.9. The van der Waals surface area contributed by atoms with E-state index in [2.05, 4.69) is 10.2 Å². The number of alkyl halides is 2. The zero-order valence-corrected chi connectivity index (χ0v) is 16.4. The Bertz CT molecular complexity index is 689.